The molecule has 0 saturated heterocycles. The lowest BCUT2D eigenvalue weighted by molar-refractivity contribution is 0.192. The van der Waals surface area contributed by atoms with Crippen molar-refractivity contribution in [3.05, 3.63) is 34.9 Å². The van der Waals surface area contributed by atoms with E-state index in [2.05, 4.69) is 0 Å². The van der Waals surface area contributed by atoms with Crippen LogP contribution in [0.5, 0.6) is 0 Å². The van der Waals surface area contributed by atoms with Gasteiger partial charge in [-0.15, -0.1) is 0 Å². The average Bonchev–Trinajstić information content (AvgIpc) is 1.96. The van der Waals surface area contributed by atoms with E-state index in [1.165, 1.54) is 19.1 Å². The first-order chi connectivity index (χ1) is 6.00. The summed E-state index contributed by atoms with van der Waals surface area (Å²) in [5, 5.41) is 8.99. The van der Waals surface area contributed by atoms with Crippen LogP contribution in [0, 0.1) is 18.6 Å². The molecule has 0 fully saturated rings. The summed E-state index contributed by atoms with van der Waals surface area (Å²) in [6.07, 6.45) is -0.718. The zero-order valence-electron chi connectivity index (χ0n) is 7.64. The third kappa shape index (κ3) is 2.49. The van der Waals surface area contributed by atoms with Crippen LogP contribution in [-0.2, 0) is 6.42 Å². The van der Waals surface area contributed by atoms with Gasteiger partial charge >= 0.3 is 0 Å². The molecule has 0 amide bonds. The molecule has 0 aliphatic heterocycles. The SMILES string of the molecule is Cc1cc(F)c(CC(C)O)c(F)c1. The molecule has 1 aromatic carbocycles. The highest BCUT2D eigenvalue weighted by Gasteiger charge is 2.11. The molecule has 1 N–H and O–H groups in total. The van der Waals surface area contributed by atoms with Gasteiger partial charge in [-0.3, -0.25) is 0 Å². The van der Waals surface area contributed by atoms with Crippen LogP contribution in [-0.4, -0.2) is 11.2 Å². The van der Waals surface area contributed by atoms with Crippen LogP contribution in [0.15, 0.2) is 12.1 Å². The Morgan fingerprint density at radius 3 is 2.15 bits per heavy atom. The highest BCUT2D eigenvalue weighted by Crippen LogP contribution is 2.16. The summed E-state index contributed by atoms with van der Waals surface area (Å²) < 4.78 is 26.2. The summed E-state index contributed by atoms with van der Waals surface area (Å²) in [6.45, 7) is 3.12. The number of rotatable bonds is 2. The predicted molar refractivity (Wildman–Crippen MR) is 46.5 cm³/mol. The highest BCUT2D eigenvalue weighted by molar-refractivity contribution is 5.25. The molecule has 1 unspecified atom stereocenters. The van der Waals surface area contributed by atoms with Crippen molar-refractivity contribution in [1.29, 1.82) is 0 Å². The molecule has 13 heavy (non-hydrogen) atoms. The van der Waals surface area contributed by atoms with Gasteiger partial charge in [0.1, 0.15) is 11.6 Å². The number of aliphatic hydroxyl groups is 1. The second kappa shape index (κ2) is 3.83. The van der Waals surface area contributed by atoms with Crippen LogP contribution < -0.4 is 0 Å². The molecule has 0 aliphatic carbocycles. The number of hydrogen-bond acceptors (Lipinski definition) is 1. The Morgan fingerprint density at radius 1 is 1.31 bits per heavy atom. The van der Waals surface area contributed by atoms with Crippen LogP contribution in [0.1, 0.15) is 18.1 Å². The Balaban J connectivity index is 3.06. The molecule has 0 aliphatic rings. The Labute approximate surface area is 76.0 Å². The molecule has 1 nitrogen and oxygen atoms in total. The molecular weight excluding hydrogens is 174 g/mol. The van der Waals surface area contributed by atoms with Gasteiger partial charge < -0.3 is 5.11 Å². The number of halogens is 2. The van der Waals surface area contributed by atoms with Crippen molar-refractivity contribution in [2.45, 2.75) is 26.4 Å². The molecular formula is C10H12F2O. The minimum absolute atomic E-state index is 0.0119. The largest absolute Gasteiger partial charge is 0.393 e. The van der Waals surface area contributed by atoms with Gasteiger partial charge in [-0.05, 0) is 31.5 Å². The van der Waals surface area contributed by atoms with Gasteiger partial charge in [0.25, 0.3) is 0 Å². The average molecular weight is 186 g/mol. The molecule has 1 atom stereocenters. The fourth-order valence-corrected chi connectivity index (χ4v) is 1.22. The number of hydrogen-bond donors (Lipinski definition) is 1. The van der Waals surface area contributed by atoms with E-state index in [0.717, 1.165) is 0 Å². The topological polar surface area (TPSA) is 20.2 Å². The van der Waals surface area contributed by atoms with Crippen LogP contribution in [0.2, 0.25) is 0 Å². The second-order valence-electron chi connectivity index (χ2n) is 3.26. The van der Waals surface area contributed by atoms with E-state index < -0.39 is 17.7 Å². The monoisotopic (exact) mass is 186 g/mol. The summed E-state index contributed by atoms with van der Waals surface area (Å²) in [4.78, 5) is 0. The van der Waals surface area contributed by atoms with Crippen molar-refractivity contribution in [3.8, 4) is 0 Å². The zero-order valence-corrected chi connectivity index (χ0v) is 7.64. The van der Waals surface area contributed by atoms with Crippen molar-refractivity contribution in [1.82, 2.24) is 0 Å². The maximum atomic E-state index is 13.1. The Morgan fingerprint density at radius 2 is 1.77 bits per heavy atom. The Kier molecular flexibility index (Phi) is 2.98. The van der Waals surface area contributed by atoms with Crippen LogP contribution >= 0.6 is 0 Å². The highest BCUT2D eigenvalue weighted by atomic mass is 19.1. The summed E-state index contributed by atoms with van der Waals surface area (Å²) >= 11 is 0. The van der Waals surface area contributed by atoms with E-state index in [-0.39, 0.29) is 12.0 Å². The number of benzene rings is 1. The van der Waals surface area contributed by atoms with Crippen molar-refractivity contribution >= 4 is 0 Å². The lowest BCUT2D eigenvalue weighted by Gasteiger charge is -2.07. The molecule has 72 valence electrons. The molecule has 0 bridgehead atoms. The van der Waals surface area contributed by atoms with Crippen molar-refractivity contribution < 1.29 is 13.9 Å². The van der Waals surface area contributed by atoms with Gasteiger partial charge in [-0.2, -0.15) is 0 Å². The van der Waals surface area contributed by atoms with Crippen molar-refractivity contribution in [3.63, 3.8) is 0 Å². The molecule has 0 aromatic heterocycles. The molecule has 0 spiro atoms. The van der Waals surface area contributed by atoms with E-state index in [4.69, 9.17) is 5.11 Å². The number of aryl methyl sites for hydroxylation is 1. The summed E-state index contributed by atoms with van der Waals surface area (Å²) in [7, 11) is 0. The van der Waals surface area contributed by atoms with E-state index >= 15 is 0 Å². The van der Waals surface area contributed by atoms with Crippen molar-refractivity contribution in [2.24, 2.45) is 0 Å². The maximum absolute atomic E-state index is 13.1. The van der Waals surface area contributed by atoms with E-state index in [9.17, 15) is 8.78 Å². The lowest BCUT2D eigenvalue weighted by Crippen LogP contribution is -2.08. The third-order valence-corrected chi connectivity index (χ3v) is 1.78. The van der Waals surface area contributed by atoms with Gasteiger partial charge in [-0.1, -0.05) is 0 Å². The van der Waals surface area contributed by atoms with Gasteiger partial charge in [0.15, 0.2) is 0 Å². The normalized spacial score (nSPS) is 13.0. The van der Waals surface area contributed by atoms with E-state index in [1.807, 2.05) is 0 Å². The predicted octanol–water partition coefficient (Wildman–Crippen LogP) is 2.20. The molecule has 3 heteroatoms. The van der Waals surface area contributed by atoms with Crippen LogP contribution in [0.3, 0.4) is 0 Å². The van der Waals surface area contributed by atoms with Crippen LogP contribution in [0.25, 0.3) is 0 Å². The first-order valence-corrected chi connectivity index (χ1v) is 4.13. The Bertz CT molecular complexity index is 285. The van der Waals surface area contributed by atoms with Gasteiger partial charge in [0, 0.05) is 12.0 Å². The minimum Gasteiger partial charge on any atom is -0.393 e. The zero-order chi connectivity index (χ0) is 10.0. The smallest absolute Gasteiger partial charge is 0.129 e. The third-order valence-electron chi connectivity index (χ3n) is 1.78. The van der Waals surface area contributed by atoms with Gasteiger partial charge in [0.05, 0.1) is 6.10 Å². The Hall–Kier alpha value is -0.960. The standard InChI is InChI=1S/C10H12F2O/c1-6-3-9(11)8(5-7(2)13)10(12)4-6/h3-4,7,13H,5H2,1-2H3. The molecule has 1 rings (SSSR count). The van der Waals surface area contributed by atoms with Crippen molar-refractivity contribution in [2.75, 3.05) is 0 Å². The minimum atomic E-state index is -0.730. The van der Waals surface area contributed by atoms with E-state index in [1.54, 1.807) is 6.92 Å². The number of aliphatic hydroxyl groups excluding tert-OH is 1. The van der Waals surface area contributed by atoms with E-state index in [0.29, 0.717) is 5.56 Å². The van der Waals surface area contributed by atoms with Gasteiger partial charge in [0.2, 0.25) is 0 Å². The molecule has 0 saturated carbocycles. The van der Waals surface area contributed by atoms with Gasteiger partial charge in [-0.25, -0.2) is 8.78 Å². The molecule has 0 radical (unpaired) electrons. The summed E-state index contributed by atoms with van der Waals surface area (Å²) in [5.74, 6) is -1.17. The first kappa shape index (κ1) is 10.1. The fourth-order valence-electron chi connectivity index (χ4n) is 1.22. The molecule has 0 heterocycles. The second-order valence-corrected chi connectivity index (χ2v) is 3.26. The van der Waals surface area contributed by atoms with Crippen LogP contribution in [0.4, 0.5) is 8.78 Å². The quantitative estimate of drug-likeness (QED) is 0.750. The maximum Gasteiger partial charge on any atom is 0.129 e. The fraction of sp³-hybridized carbons (Fsp3) is 0.400. The summed E-state index contributed by atoms with van der Waals surface area (Å²) in [6, 6.07) is 2.53. The lowest BCUT2D eigenvalue weighted by atomic mass is 10.1. The molecule has 1 aromatic rings. The first-order valence-electron chi connectivity index (χ1n) is 4.13. The summed E-state index contributed by atoms with van der Waals surface area (Å²) in [5.41, 5.74) is 0.505.